The third kappa shape index (κ3) is 8.17. The Morgan fingerprint density at radius 2 is 1.44 bits per heavy atom. The van der Waals surface area contributed by atoms with E-state index in [9.17, 15) is 9.59 Å². The second-order valence-corrected chi connectivity index (χ2v) is 11.1. The van der Waals surface area contributed by atoms with Crippen molar-refractivity contribution >= 4 is 62.5 Å². The highest BCUT2D eigenvalue weighted by molar-refractivity contribution is 9.10. The van der Waals surface area contributed by atoms with Crippen molar-refractivity contribution in [2.75, 3.05) is 0 Å². The fraction of sp³-hybridized carbons (Fsp3) is 0.320. The number of halogens is 2. The van der Waals surface area contributed by atoms with Gasteiger partial charge in [0, 0.05) is 20.4 Å². The second kappa shape index (κ2) is 10.8. The molecule has 0 saturated heterocycles. The van der Waals surface area contributed by atoms with Gasteiger partial charge in [-0.05, 0) is 71.9 Å². The second-order valence-electron chi connectivity index (χ2n) is 9.75. The fourth-order valence-corrected chi connectivity index (χ4v) is 3.39. The molecule has 9 nitrogen and oxygen atoms in total. The van der Waals surface area contributed by atoms with Crippen LogP contribution in [0.1, 0.15) is 41.5 Å². The summed E-state index contributed by atoms with van der Waals surface area (Å²) < 4.78 is 11.5. The summed E-state index contributed by atoms with van der Waals surface area (Å²) in [6, 6.07) is 12.8. The average Bonchev–Trinajstić information content (AvgIpc) is 2.71. The van der Waals surface area contributed by atoms with Crippen molar-refractivity contribution < 1.29 is 19.1 Å². The first-order chi connectivity index (χ1) is 16.7. The summed E-state index contributed by atoms with van der Waals surface area (Å²) in [5.74, 6) is -0.265. The summed E-state index contributed by atoms with van der Waals surface area (Å²) in [5.41, 5.74) is 0.400. The number of guanidine groups is 1. The van der Waals surface area contributed by atoms with Gasteiger partial charge in [-0.1, -0.05) is 39.7 Å². The highest BCUT2D eigenvalue weighted by atomic mass is 79.9. The van der Waals surface area contributed by atoms with E-state index in [1.165, 1.54) is 0 Å². The van der Waals surface area contributed by atoms with Crippen molar-refractivity contribution in [1.29, 1.82) is 0 Å². The smallest absolute Gasteiger partial charge is 0.414 e. The molecule has 1 aromatic heterocycles. The highest BCUT2D eigenvalue weighted by Crippen LogP contribution is 2.30. The number of benzene rings is 2. The zero-order valence-electron chi connectivity index (χ0n) is 20.8. The van der Waals surface area contributed by atoms with Crippen molar-refractivity contribution in [2.45, 2.75) is 52.7 Å². The Hall–Kier alpha value is -3.24. The number of carbonyl (C=O) groups excluding carboxylic acids is 2. The number of ether oxygens (including phenoxy) is 2. The molecule has 190 valence electrons. The van der Waals surface area contributed by atoms with Crippen LogP contribution in [0.25, 0.3) is 22.2 Å². The van der Waals surface area contributed by atoms with Crippen LogP contribution in [0.2, 0.25) is 5.02 Å². The third-order valence-electron chi connectivity index (χ3n) is 4.21. The van der Waals surface area contributed by atoms with Crippen LogP contribution in [-0.4, -0.2) is 39.3 Å². The molecule has 0 aliphatic heterocycles. The van der Waals surface area contributed by atoms with E-state index in [4.69, 9.17) is 21.1 Å². The van der Waals surface area contributed by atoms with E-state index in [0.29, 0.717) is 21.6 Å². The first kappa shape index (κ1) is 27.3. The van der Waals surface area contributed by atoms with Crippen LogP contribution >= 0.6 is 27.5 Å². The molecule has 11 heteroatoms. The van der Waals surface area contributed by atoms with Gasteiger partial charge < -0.3 is 9.47 Å². The molecular formula is C25H27BrClN5O4. The molecule has 2 aromatic carbocycles. The highest BCUT2D eigenvalue weighted by Gasteiger charge is 2.22. The fourth-order valence-electron chi connectivity index (χ4n) is 2.95. The monoisotopic (exact) mass is 575 g/mol. The summed E-state index contributed by atoms with van der Waals surface area (Å²) in [6.45, 7) is 10.3. The van der Waals surface area contributed by atoms with Crippen LogP contribution < -0.4 is 10.6 Å². The SMILES string of the molecule is CC(C)(C)OC(=O)NC(=Nc1nc(-c2ccc(Br)cc2)c2cc(Cl)ccc2n1)NC(=O)OC(C)(C)C. The number of alkyl carbamates (subject to hydrolysis) is 2. The number of carbonyl (C=O) groups is 2. The maximum atomic E-state index is 12.4. The molecule has 1 heterocycles. The number of aliphatic imine (C=N–C) groups is 1. The lowest BCUT2D eigenvalue weighted by atomic mass is 10.1. The maximum absolute atomic E-state index is 12.4. The topological polar surface area (TPSA) is 115 Å². The molecule has 2 amide bonds. The Labute approximate surface area is 222 Å². The van der Waals surface area contributed by atoms with Gasteiger partial charge in [-0.2, -0.15) is 4.99 Å². The number of hydrogen-bond donors (Lipinski definition) is 2. The first-order valence-corrected chi connectivity index (χ1v) is 12.2. The number of rotatable bonds is 2. The van der Waals surface area contributed by atoms with Crippen molar-refractivity contribution in [3.63, 3.8) is 0 Å². The summed E-state index contributed by atoms with van der Waals surface area (Å²) in [5, 5.41) is 6.11. The van der Waals surface area contributed by atoms with E-state index < -0.39 is 23.4 Å². The third-order valence-corrected chi connectivity index (χ3v) is 4.98. The van der Waals surface area contributed by atoms with Crippen molar-refractivity contribution in [2.24, 2.45) is 4.99 Å². The van der Waals surface area contributed by atoms with Crippen molar-refractivity contribution in [3.05, 3.63) is 52.0 Å². The number of hydrogen-bond acceptors (Lipinski definition) is 7. The Morgan fingerprint density at radius 1 is 0.889 bits per heavy atom. The summed E-state index contributed by atoms with van der Waals surface area (Å²) >= 11 is 9.67. The first-order valence-electron chi connectivity index (χ1n) is 11.0. The van der Waals surface area contributed by atoms with Crippen LogP contribution in [0.5, 0.6) is 0 Å². The standard InChI is InChI=1S/C25H27BrClN5O4/c1-24(2,3)35-22(33)31-21(32-23(34)36-25(4,5)6)30-20-28-18-12-11-16(27)13-17(18)19(29-20)14-7-9-15(26)10-8-14/h7-13H,1-6H3,(H2,28,29,30,31,32,33,34). The van der Waals surface area contributed by atoms with Crippen molar-refractivity contribution in [1.82, 2.24) is 20.6 Å². The van der Waals surface area contributed by atoms with Crippen LogP contribution in [0.4, 0.5) is 15.5 Å². The molecule has 0 bridgehead atoms. The van der Waals surface area contributed by atoms with Crippen LogP contribution in [0.3, 0.4) is 0 Å². The molecule has 0 aliphatic carbocycles. The number of fused-ring (bicyclic) bond motifs is 1. The average molecular weight is 577 g/mol. The van der Waals surface area contributed by atoms with Gasteiger partial charge in [0.25, 0.3) is 5.95 Å². The van der Waals surface area contributed by atoms with E-state index in [2.05, 4.69) is 41.5 Å². The van der Waals surface area contributed by atoms with Gasteiger partial charge in [0.15, 0.2) is 0 Å². The number of amides is 2. The molecule has 2 N–H and O–H groups in total. The zero-order chi connectivity index (χ0) is 26.7. The van der Waals surface area contributed by atoms with Gasteiger partial charge in [0.1, 0.15) is 11.2 Å². The van der Waals surface area contributed by atoms with Gasteiger partial charge in [-0.15, -0.1) is 0 Å². The minimum Gasteiger partial charge on any atom is -0.444 e. The van der Waals surface area contributed by atoms with Crippen molar-refractivity contribution in [3.8, 4) is 11.3 Å². The van der Waals surface area contributed by atoms with E-state index in [-0.39, 0.29) is 11.9 Å². The van der Waals surface area contributed by atoms with Gasteiger partial charge in [-0.25, -0.2) is 19.6 Å². The Balaban J connectivity index is 2.08. The molecule has 0 saturated carbocycles. The molecule has 3 rings (SSSR count). The lowest BCUT2D eigenvalue weighted by Gasteiger charge is -2.22. The summed E-state index contributed by atoms with van der Waals surface area (Å²) in [6.07, 6.45) is -1.64. The van der Waals surface area contributed by atoms with E-state index in [1.54, 1.807) is 59.7 Å². The van der Waals surface area contributed by atoms with Crippen LogP contribution in [0, 0.1) is 0 Å². The quantitative estimate of drug-likeness (QED) is 0.258. The summed E-state index contributed by atoms with van der Waals surface area (Å²) in [4.78, 5) is 38.2. The molecule has 0 radical (unpaired) electrons. The minimum atomic E-state index is -0.821. The largest absolute Gasteiger partial charge is 0.444 e. The van der Waals surface area contributed by atoms with Crippen LogP contribution in [-0.2, 0) is 9.47 Å². The maximum Gasteiger partial charge on any atom is 0.414 e. The summed E-state index contributed by atoms with van der Waals surface area (Å²) in [7, 11) is 0. The van der Waals surface area contributed by atoms with E-state index in [0.717, 1.165) is 10.0 Å². The Kier molecular flexibility index (Phi) is 8.20. The lowest BCUT2D eigenvalue weighted by Crippen LogP contribution is -2.47. The molecule has 36 heavy (non-hydrogen) atoms. The minimum absolute atomic E-state index is 0.00939. The molecule has 3 aromatic rings. The number of nitrogens with one attached hydrogen (secondary N) is 2. The predicted molar refractivity (Wildman–Crippen MR) is 144 cm³/mol. The van der Waals surface area contributed by atoms with Gasteiger partial charge in [-0.3, -0.25) is 10.6 Å². The molecule has 0 unspecified atom stereocenters. The van der Waals surface area contributed by atoms with E-state index in [1.807, 2.05) is 24.3 Å². The Morgan fingerprint density at radius 3 is 1.97 bits per heavy atom. The van der Waals surface area contributed by atoms with Crippen LogP contribution in [0.15, 0.2) is 51.9 Å². The lowest BCUT2D eigenvalue weighted by molar-refractivity contribution is 0.0545. The molecule has 0 spiro atoms. The molecule has 0 atom stereocenters. The number of aromatic nitrogens is 2. The predicted octanol–water partition coefficient (Wildman–Crippen LogP) is 6.75. The molecular weight excluding hydrogens is 550 g/mol. The Bertz CT molecular complexity index is 1280. The van der Waals surface area contributed by atoms with Gasteiger partial charge in [0.05, 0.1) is 11.2 Å². The normalized spacial score (nSPS) is 11.6. The molecule has 0 aliphatic rings. The zero-order valence-corrected chi connectivity index (χ0v) is 23.1. The van der Waals surface area contributed by atoms with E-state index >= 15 is 0 Å². The van der Waals surface area contributed by atoms with Gasteiger partial charge in [0.2, 0.25) is 5.96 Å². The molecule has 0 fully saturated rings. The van der Waals surface area contributed by atoms with Gasteiger partial charge >= 0.3 is 12.2 Å². The number of nitrogens with zero attached hydrogens (tertiary/aromatic N) is 3.